The molecule has 31 heavy (non-hydrogen) atoms. The Morgan fingerprint density at radius 3 is 2.65 bits per heavy atom. The zero-order valence-corrected chi connectivity index (χ0v) is 18.2. The van der Waals surface area contributed by atoms with E-state index in [4.69, 9.17) is 14.8 Å². The number of nitrogens with one attached hydrogen (secondary N) is 1. The summed E-state index contributed by atoms with van der Waals surface area (Å²) in [6.07, 6.45) is 4.68. The van der Waals surface area contributed by atoms with E-state index in [-0.39, 0.29) is 12.8 Å². The van der Waals surface area contributed by atoms with Crippen molar-refractivity contribution in [3.05, 3.63) is 60.0 Å². The molecule has 2 unspecified atom stereocenters. The molecule has 1 aromatic carbocycles. The van der Waals surface area contributed by atoms with Crippen LogP contribution in [0.1, 0.15) is 31.2 Å². The molecule has 0 spiro atoms. The van der Waals surface area contributed by atoms with E-state index in [1.54, 1.807) is 12.2 Å². The largest absolute Gasteiger partial charge is 0.392 e. The third-order valence-electron chi connectivity index (χ3n) is 5.88. The highest BCUT2D eigenvalue weighted by Gasteiger charge is 2.49. The van der Waals surface area contributed by atoms with E-state index in [1.807, 2.05) is 30.3 Å². The van der Waals surface area contributed by atoms with Crippen LogP contribution in [-0.2, 0) is 24.2 Å². The second-order valence-corrected chi connectivity index (χ2v) is 10.3. The number of ether oxygens (including phenoxy) is 1. The molecular weight excluding hydrogens is 427 g/mol. The van der Waals surface area contributed by atoms with E-state index in [9.17, 15) is 13.2 Å². The van der Waals surface area contributed by atoms with Crippen LogP contribution in [0.2, 0.25) is 0 Å². The van der Waals surface area contributed by atoms with Crippen molar-refractivity contribution in [1.29, 1.82) is 0 Å². The number of carbonyl (C=O) groups excluding carboxylic acids is 1. The molecule has 1 aliphatic heterocycles. The lowest BCUT2D eigenvalue weighted by atomic mass is 9.82. The van der Waals surface area contributed by atoms with Gasteiger partial charge in [0.2, 0.25) is 0 Å². The summed E-state index contributed by atoms with van der Waals surface area (Å²) in [4.78, 5) is 17.4. The van der Waals surface area contributed by atoms with Gasteiger partial charge in [0.25, 0.3) is 5.91 Å². The fourth-order valence-corrected chi connectivity index (χ4v) is 4.63. The molecular formula is C21H25FN2O6S. The van der Waals surface area contributed by atoms with Crippen LogP contribution >= 0.6 is 0 Å². The molecule has 1 heterocycles. The van der Waals surface area contributed by atoms with Crippen LogP contribution in [0.4, 0.5) is 4.39 Å². The molecule has 0 bridgehead atoms. The van der Waals surface area contributed by atoms with Gasteiger partial charge in [-0.25, -0.2) is 18.3 Å². The van der Waals surface area contributed by atoms with Crippen molar-refractivity contribution in [3.8, 4) is 0 Å². The molecule has 1 aliphatic carbocycles. The van der Waals surface area contributed by atoms with E-state index in [1.165, 1.54) is 25.6 Å². The number of carbonyl (C=O) groups is 1. The number of amides is 1. The Morgan fingerprint density at radius 2 is 2.10 bits per heavy atom. The third-order valence-corrected chi connectivity index (χ3v) is 7.87. The average molecular weight is 453 g/mol. The van der Waals surface area contributed by atoms with Crippen molar-refractivity contribution in [2.45, 2.75) is 42.1 Å². The predicted octanol–water partition coefficient (Wildman–Crippen LogP) is 2.42. The number of oxime groups is 1. The summed E-state index contributed by atoms with van der Waals surface area (Å²) in [6.45, 7) is 1.20. The smallest absolute Gasteiger partial charge is 0.264 e. The standard InChI is InChI=1S/C21H25FN2O6S/c1-20(19(25)23-26,31(3,27)28)12-15-11-18(24-30-15)21(29-2)10-9-16(17(22)13-21)14-7-5-4-6-8-14/h4-10,13,15-16,26H,11-12H2,1-3H3,(H,23,25)/t15-,16?,20-,21?/m1/s1. The lowest BCUT2D eigenvalue weighted by molar-refractivity contribution is -0.132. The van der Waals surface area contributed by atoms with Gasteiger partial charge in [0, 0.05) is 26.2 Å². The topological polar surface area (TPSA) is 114 Å². The minimum Gasteiger partial charge on any atom is -0.392 e. The quantitative estimate of drug-likeness (QED) is 0.373. The first-order valence-electron chi connectivity index (χ1n) is 9.61. The minimum absolute atomic E-state index is 0.113. The van der Waals surface area contributed by atoms with Gasteiger partial charge in [-0.1, -0.05) is 41.6 Å². The molecule has 2 N–H and O–H groups in total. The van der Waals surface area contributed by atoms with Crippen LogP contribution in [0.15, 0.2) is 59.5 Å². The first-order valence-corrected chi connectivity index (χ1v) is 11.5. The second kappa shape index (κ2) is 8.52. The summed E-state index contributed by atoms with van der Waals surface area (Å²) in [5.41, 5.74) is 1.25. The maximum Gasteiger partial charge on any atom is 0.264 e. The number of allylic oxidation sites excluding steroid dienone is 2. The monoisotopic (exact) mass is 452 g/mol. The second-order valence-electron chi connectivity index (χ2n) is 7.89. The summed E-state index contributed by atoms with van der Waals surface area (Å²) in [7, 11) is -2.48. The fourth-order valence-electron chi connectivity index (χ4n) is 3.76. The van der Waals surface area contributed by atoms with Gasteiger partial charge < -0.3 is 9.57 Å². The maximum atomic E-state index is 15.0. The Kier molecular flexibility index (Phi) is 6.35. The summed E-state index contributed by atoms with van der Waals surface area (Å²) < 4.78 is 43.1. The van der Waals surface area contributed by atoms with Gasteiger partial charge >= 0.3 is 0 Å². The van der Waals surface area contributed by atoms with Crippen LogP contribution in [0, 0.1) is 0 Å². The van der Waals surface area contributed by atoms with Crippen LogP contribution in [0.5, 0.6) is 0 Å². The Hall–Kier alpha value is -2.56. The van der Waals surface area contributed by atoms with E-state index < -0.39 is 43.9 Å². The molecule has 3 rings (SSSR count). The third kappa shape index (κ3) is 4.28. The number of hydroxylamine groups is 1. The molecule has 0 saturated carbocycles. The first kappa shape index (κ1) is 23.1. The molecule has 0 aromatic heterocycles. The van der Waals surface area contributed by atoms with E-state index >= 15 is 4.39 Å². The zero-order valence-electron chi connectivity index (χ0n) is 17.4. The lowest BCUT2D eigenvalue weighted by Crippen LogP contribution is -2.51. The molecule has 0 saturated heterocycles. The molecule has 0 fully saturated rings. The molecule has 8 nitrogen and oxygen atoms in total. The number of rotatable bonds is 7. The van der Waals surface area contributed by atoms with Gasteiger partial charge in [-0.2, -0.15) is 0 Å². The molecule has 168 valence electrons. The van der Waals surface area contributed by atoms with E-state index in [0.29, 0.717) is 5.71 Å². The van der Waals surface area contributed by atoms with Crippen LogP contribution in [0.3, 0.4) is 0 Å². The van der Waals surface area contributed by atoms with Crippen molar-refractivity contribution < 1.29 is 32.4 Å². The van der Waals surface area contributed by atoms with Gasteiger partial charge in [0.05, 0.1) is 5.92 Å². The molecule has 1 aromatic rings. The lowest BCUT2D eigenvalue weighted by Gasteiger charge is -2.30. The summed E-state index contributed by atoms with van der Waals surface area (Å²) in [6, 6.07) is 9.16. The van der Waals surface area contributed by atoms with Gasteiger partial charge in [0.1, 0.15) is 23.2 Å². The number of halogens is 1. The van der Waals surface area contributed by atoms with Crippen molar-refractivity contribution in [1.82, 2.24) is 5.48 Å². The number of methoxy groups -OCH3 is 1. The average Bonchev–Trinajstić information content (AvgIpc) is 3.21. The maximum absolute atomic E-state index is 15.0. The number of nitrogens with zero attached hydrogens (tertiary/aromatic N) is 1. The Labute approximate surface area is 180 Å². The summed E-state index contributed by atoms with van der Waals surface area (Å²) in [5.74, 6) is -2.03. The number of hydrogen-bond donors (Lipinski definition) is 2. The molecule has 2 aliphatic rings. The Balaban J connectivity index is 1.80. The Bertz CT molecular complexity index is 1040. The van der Waals surface area contributed by atoms with Gasteiger partial charge in [-0.15, -0.1) is 0 Å². The summed E-state index contributed by atoms with van der Waals surface area (Å²) in [5, 5.41) is 13.0. The molecule has 4 atom stereocenters. The van der Waals surface area contributed by atoms with Crippen molar-refractivity contribution >= 4 is 21.5 Å². The summed E-state index contributed by atoms with van der Waals surface area (Å²) >= 11 is 0. The minimum atomic E-state index is -3.89. The van der Waals surface area contributed by atoms with Gasteiger partial charge in [0.15, 0.2) is 14.6 Å². The highest BCUT2D eigenvalue weighted by atomic mass is 32.2. The fraction of sp³-hybridized carbons (Fsp3) is 0.429. The van der Waals surface area contributed by atoms with Crippen molar-refractivity contribution in [3.63, 3.8) is 0 Å². The van der Waals surface area contributed by atoms with Crippen LogP contribution in [-0.4, -0.2) is 55.1 Å². The normalized spacial score (nSPS) is 27.6. The van der Waals surface area contributed by atoms with Crippen molar-refractivity contribution in [2.75, 3.05) is 13.4 Å². The van der Waals surface area contributed by atoms with Crippen molar-refractivity contribution in [2.24, 2.45) is 5.16 Å². The number of hydrogen-bond acceptors (Lipinski definition) is 7. The molecule has 10 heteroatoms. The SMILES string of the molecule is COC1(C2=NO[C@@H](C[C@](C)(C(=O)NO)S(C)(=O)=O)C2)C=CC(c2ccccc2)C(F)=C1. The predicted molar refractivity (Wildman–Crippen MR) is 112 cm³/mol. The first-order chi connectivity index (χ1) is 14.6. The number of sulfone groups is 1. The zero-order chi connectivity index (χ0) is 22.9. The van der Waals surface area contributed by atoms with Crippen LogP contribution in [0.25, 0.3) is 0 Å². The molecule has 1 amide bonds. The van der Waals surface area contributed by atoms with Gasteiger partial charge in [-0.05, 0) is 24.6 Å². The van der Waals surface area contributed by atoms with Crippen LogP contribution < -0.4 is 5.48 Å². The molecule has 0 radical (unpaired) electrons. The van der Waals surface area contributed by atoms with Gasteiger partial charge in [-0.3, -0.25) is 10.0 Å². The number of benzene rings is 1. The Morgan fingerprint density at radius 1 is 1.42 bits per heavy atom. The highest BCUT2D eigenvalue weighted by molar-refractivity contribution is 7.92. The van der Waals surface area contributed by atoms with E-state index in [2.05, 4.69) is 5.16 Å². The highest BCUT2D eigenvalue weighted by Crippen LogP contribution is 2.38. The van der Waals surface area contributed by atoms with E-state index in [0.717, 1.165) is 11.8 Å².